The third-order valence-electron chi connectivity index (χ3n) is 5.69. The molecule has 0 aliphatic carbocycles. The highest BCUT2D eigenvalue weighted by atomic mass is 19.1. The summed E-state index contributed by atoms with van der Waals surface area (Å²) in [6.45, 7) is 2.01. The second-order valence-electron chi connectivity index (χ2n) is 7.67. The van der Waals surface area contributed by atoms with Gasteiger partial charge in [0.1, 0.15) is 42.1 Å². The summed E-state index contributed by atoms with van der Waals surface area (Å²) in [5, 5.41) is 41.1. The predicted octanol–water partition coefficient (Wildman–Crippen LogP) is 1.74. The van der Waals surface area contributed by atoms with E-state index < -0.39 is 42.9 Å². The minimum absolute atomic E-state index is 0.232. The molecule has 1 aliphatic rings. The number of fused-ring (bicyclic) bond motifs is 1. The molecule has 5 atom stereocenters. The first-order chi connectivity index (χ1) is 14.9. The van der Waals surface area contributed by atoms with Gasteiger partial charge in [0.2, 0.25) is 0 Å². The Labute approximate surface area is 178 Å². The first kappa shape index (κ1) is 21.7. The molecule has 1 aliphatic heterocycles. The minimum Gasteiger partial charge on any atom is -0.494 e. The number of hydrogen-bond acceptors (Lipinski definition) is 6. The second-order valence-corrected chi connectivity index (χ2v) is 7.67. The van der Waals surface area contributed by atoms with Gasteiger partial charge in [0.15, 0.2) is 0 Å². The standard InChI is InChI=1S/C23H26FNO6/c1-2-30-14-8-7-13(17(24)9-14)10-25-11-16(15-5-3-4-6-18(15)25)23-22(29)21(28)20(27)19(12-26)31-23/h3-9,11,19-23,26-29H,2,10,12H2,1H3/t19-,20-,21+,22-,23+/m1/s1. The largest absolute Gasteiger partial charge is 0.494 e. The van der Waals surface area contributed by atoms with Gasteiger partial charge in [-0.15, -0.1) is 0 Å². The lowest BCUT2D eigenvalue weighted by atomic mass is 9.91. The molecule has 31 heavy (non-hydrogen) atoms. The first-order valence-electron chi connectivity index (χ1n) is 10.2. The molecule has 0 spiro atoms. The van der Waals surface area contributed by atoms with E-state index >= 15 is 0 Å². The van der Waals surface area contributed by atoms with Crippen LogP contribution in [0.15, 0.2) is 48.7 Å². The molecule has 8 heteroatoms. The smallest absolute Gasteiger partial charge is 0.131 e. The Kier molecular flexibility index (Phi) is 6.27. The summed E-state index contributed by atoms with van der Waals surface area (Å²) >= 11 is 0. The van der Waals surface area contributed by atoms with E-state index in [-0.39, 0.29) is 6.54 Å². The lowest BCUT2D eigenvalue weighted by Gasteiger charge is -2.40. The number of hydrogen-bond donors (Lipinski definition) is 4. The van der Waals surface area contributed by atoms with E-state index in [1.165, 1.54) is 6.07 Å². The van der Waals surface area contributed by atoms with Crippen molar-refractivity contribution in [1.82, 2.24) is 4.57 Å². The maximum Gasteiger partial charge on any atom is 0.131 e. The van der Waals surface area contributed by atoms with Crippen molar-refractivity contribution in [2.75, 3.05) is 13.2 Å². The zero-order chi connectivity index (χ0) is 22.1. The van der Waals surface area contributed by atoms with E-state index in [0.717, 1.165) is 10.9 Å². The van der Waals surface area contributed by atoms with E-state index in [4.69, 9.17) is 9.47 Å². The third-order valence-corrected chi connectivity index (χ3v) is 5.69. The summed E-state index contributed by atoms with van der Waals surface area (Å²) in [5.41, 5.74) is 1.84. The summed E-state index contributed by atoms with van der Waals surface area (Å²) in [7, 11) is 0. The number of aromatic nitrogens is 1. The Morgan fingerprint density at radius 3 is 2.55 bits per heavy atom. The van der Waals surface area contributed by atoms with E-state index in [2.05, 4.69) is 0 Å². The van der Waals surface area contributed by atoms with E-state index in [1.54, 1.807) is 18.3 Å². The number of aliphatic hydroxyl groups is 4. The molecular weight excluding hydrogens is 405 g/mol. The molecule has 0 unspecified atom stereocenters. The van der Waals surface area contributed by atoms with Crippen LogP contribution >= 0.6 is 0 Å². The Morgan fingerprint density at radius 2 is 1.84 bits per heavy atom. The molecule has 4 rings (SSSR count). The van der Waals surface area contributed by atoms with Crippen LogP contribution in [0, 0.1) is 5.82 Å². The normalized spacial score (nSPS) is 26.3. The van der Waals surface area contributed by atoms with Crippen LogP contribution in [0.4, 0.5) is 4.39 Å². The van der Waals surface area contributed by atoms with E-state index in [1.807, 2.05) is 35.8 Å². The van der Waals surface area contributed by atoms with Crippen LogP contribution in [-0.4, -0.2) is 62.6 Å². The fourth-order valence-electron chi connectivity index (χ4n) is 4.09. The topological polar surface area (TPSA) is 104 Å². The fourth-order valence-corrected chi connectivity index (χ4v) is 4.09. The number of rotatable bonds is 6. The molecule has 0 radical (unpaired) electrons. The van der Waals surface area contributed by atoms with Gasteiger partial charge in [-0.3, -0.25) is 0 Å². The van der Waals surface area contributed by atoms with Gasteiger partial charge in [-0.2, -0.15) is 0 Å². The van der Waals surface area contributed by atoms with Crippen molar-refractivity contribution in [2.45, 2.75) is 44.0 Å². The van der Waals surface area contributed by atoms with Crippen LogP contribution in [0.2, 0.25) is 0 Å². The lowest BCUT2D eigenvalue weighted by Crippen LogP contribution is -2.55. The zero-order valence-electron chi connectivity index (χ0n) is 17.1. The average Bonchev–Trinajstić information content (AvgIpc) is 3.13. The molecule has 2 heterocycles. The molecule has 7 nitrogen and oxygen atoms in total. The summed E-state index contributed by atoms with van der Waals surface area (Å²) < 4.78 is 27.5. The van der Waals surface area contributed by atoms with Gasteiger partial charge in [-0.05, 0) is 19.1 Å². The lowest BCUT2D eigenvalue weighted by molar-refractivity contribution is -0.231. The second kappa shape index (κ2) is 8.94. The van der Waals surface area contributed by atoms with Crippen LogP contribution < -0.4 is 4.74 Å². The van der Waals surface area contributed by atoms with Crippen LogP contribution in [0.3, 0.4) is 0 Å². The SMILES string of the molecule is CCOc1ccc(Cn2cc([C@@H]3O[C@H](CO)[C@@H](O)[C@H](O)[C@H]3O)c3ccccc32)c(F)c1. The number of aliphatic hydroxyl groups excluding tert-OH is 4. The molecule has 166 valence electrons. The van der Waals surface area contributed by atoms with Crippen LogP contribution in [0.1, 0.15) is 24.2 Å². The molecule has 4 N–H and O–H groups in total. The molecular formula is C23H26FNO6. The van der Waals surface area contributed by atoms with Gasteiger partial charge in [0.05, 0.1) is 19.8 Å². The van der Waals surface area contributed by atoms with Crippen LogP contribution in [-0.2, 0) is 11.3 Å². The van der Waals surface area contributed by atoms with Gasteiger partial charge in [0.25, 0.3) is 0 Å². The van der Waals surface area contributed by atoms with Crippen molar-refractivity contribution in [3.63, 3.8) is 0 Å². The summed E-state index contributed by atoms with van der Waals surface area (Å²) in [5.74, 6) is 0.0706. The highest BCUT2D eigenvalue weighted by molar-refractivity contribution is 5.84. The number of benzene rings is 2. The third kappa shape index (κ3) is 4.05. The van der Waals surface area contributed by atoms with Crippen molar-refractivity contribution < 1.29 is 34.3 Å². The number of ether oxygens (including phenoxy) is 2. The maximum atomic E-state index is 14.6. The Bertz CT molecular complexity index is 1050. The molecule has 0 amide bonds. The number of halogens is 1. The van der Waals surface area contributed by atoms with Crippen molar-refractivity contribution in [3.05, 3.63) is 65.6 Å². The maximum absolute atomic E-state index is 14.6. The predicted molar refractivity (Wildman–Crippen MR) is 111 cm³/mol. The first-order valence-corrected chi connectivity index (χ1v) is 10.2. The van der Waals surface area contributed by atoms with Crippen LogP contribution in [0.25, 0.3) is 10.9 Å². The zero-order valence-corrected chi connectivity index (χ0v) is 17.1. The van der Waals surface area contributed by atoms with Crippen LogP contribution in [0.5, 0.6) is 5.75 Å². The quantitative estimate of drug-likeness (QED) is 0.474. The molecule has 1 saturated heterocycles. The number of nitrogens with zero attached hydrogens (tertiary/aromatic N) is 1. The van der Waals surface area contributed by atoms with E-state index in [0.29, 0.717) is 23.5 Å². The molecule has 3 aromatic rings. The van der Waals surface area contributed by atoms with Gasteiger partial charge in [-0.1, -0.05) is 24.3 Å². The summed E-state index contributed by atoms with van der Waals surface area (Å²) in [4.78, 5) is 0. The highest BCUT2D eigenvalue weighted by Crippen LogP contribution is 2.37. The minimum atomic E-state index is -1.47. The van der Waals surface area contributed by atoms with Gasteiger partial charge in [-0.25, -0.2) is 4.39 Å². The molecule has 2 aromatic carbocycles. The number of para-hydroxylation sites is 1. The Morgan fingerprint density at radius 1 is 1.06 bits per heavy atom. The average molecular weight is 431 g/mol. The molecule has 1 aromatic heterocycles. The molecule has 0 bridgehead atoms. The summed E-state index contributed by atoms with van der Waals surface area (Å²) in [6.07, 6.45) is -4.52. The Balaban J connectivity index is 1.71. The van der Waals surface area contributed by atoms with Gasteiger partial charge in [0, 0.05) is 34.3 Å². The van der Waals surface area contributed by atoms with Crippen molar-refractivity contribution in [1.29, 1.82) is 0 Å². The monoisotopic (exact) mass is 431 g/mol. The van der Waals surface area contributed by atoms with Crippen molar-refractivity contribution >= 4 is 10.9 Å². The fraction of sp³-hybridized carbons (Fsp3) is 0.391. The molecule has 1 fully saturated rings. The summed E-state index contributed by atoms with van der Waals surface area (Å²) in [6, 6.07) is 12.1. The van der Waals surface area contributed by atoms with Crippen molar-refractivity contribution in [3.8, 4) is 5.75 Å². The van der Waals surface area contributed by atoms with Gasteiger partial charge < -0.3 is 34.5 Å². The van der Waals surface area contributed by atoms with E-state index in [9.17, 15) is 24.8 Å². The Hall–Kier alpha value is -2.49. The van der Waals surface area contributed by atoms with Crippen molar-refractivity contribution in [2.24, 2.45) is 0 Å². The highest BCUT2D eigenvalue weighted by Gasteiger charge is 2.44. The molecule has 0 saturated carbocycles. The van der Waals surface area contributed by atoms with Gasteiger partial charge >= 0.3 is 0 Å².